The number of rotatable bonds is 34. The maximum Gasteiger partial charge on any atom is 0.346 e. The van der Waals surface area contributed by atoms with Crippen LogP contribution in [0.4, 0.5) is 8.78 Å². The Balaban J connectivity index is 0.000000424. The second kappa shape index (κ2) is 49.7. The lowest BCUT2D eigenvalue weighted by Crippen LogP contribution is -2.45. The van der Waals surface area contributed by atoms with Crippen molar-refractivity contribution in [1.29, 1.82) is 0 Å². The molecule has 6 aromatic carbocycles. The summed E-state index contributed by atoms with van der Waals surface area (Å²) < 4.78 is 100. The molecular weight excluding hydrogens is 1790 g/mol. The number of ether oxygens (including phenoxy) is 9. The molecule has 7 rings (SSSR count). The van der Waals surface area contributed by atoms with Crippen LogP contribution in [-0.2, 0) is 57.8 Å². The lowest BCUT2D eigenvalue weighted by molar-refractivity contribution is -0.153. The SMILES string of the molecule is CC(=O)NCC(Oc1ccc(Br)cc1)C(=O)O.CCOC1CC(C(Oc2ccc(Br)cc2)C(=O)O)C1.COCC(C)C(Oc1ccc(Br)cc1)C(=O)O.COCC(C)C(Oc1ccc(Br)cc1)C(=O)O.CS(=O)(=O)NCC(Oc1ccc(Br)cc1)C(=O)O.O=C(O)C(CC(F)F)Oc1ccc(Br)cc1. The first-order valence-corrected chi connectivity index (χ1v) is 37.6. The Morgan fingerprint density at radius 1 is 0.462 bits per heavy atom. The van der Waals surface area contributed by atoms with Gasteiger partial charge in [0.1, 0.15) is 34.5 Å². The van der Waals surface area contributed by atoms with Crippen molar-refractivity contribution >= 4 is 147 Å². The number of aliphatic carboxylic acids is 6. The third kappa shape index (κ3) is 39.9. The molecule has 0 heterocycles. The molecule has 8 atom stereocenters. The van der Waals surface area contributed by atoms with Crippen molar-refractivity contribution in [1.82, 2.24) is 10.0 Å². The van der Waals surface area contributed by atoms with Crippen molar-refractivity contribution < 1.29 is 124 Å². The van der Waals surface area contributed by atoms with Gasteiger partial charge in [-0.2, -0.15) is 0 Å². The molecule has 0 spiro atoms. The summed E-state index contributed by atoms with van der Waals surface area (Å²) in [6.07, 6.45) is -7.41. The van der Waals surface area contributed by atoms with Crippen molar-refractivity contribution in [3.63, 3.8) is 0 Å². The third-order valence-electron chi connectivity index (χ3n) is 13.4. The van der Waals surface area contributed by atoms with Crippen LogP contribution in [0.2, 0.25) is 0 Å². The van der Waals surface area contributed by atoms with Crippen molar-refractivity contribution in [3.05, 3.63) is 172 Å². The Morgan fingerprint density at radius 3 is 1.00 bits per heavy atom. The highest BCUT2D eigenvalue weighted by Crippen LogP contribution is 2.35. The summed E-state index contributed by atoms with van der Waals surface area (Å²) in [6.45, 7) is 7.77. The Hall–Kier alpha value is -7.06. The minimum Gasteiger partial charge on any atom is -0.479 e. The fraction of sp³-hybridized carbons (Fsp3) is 0.377. The van der Waals surface area contributed by atoms with E-state index in [4.69, 9.17) is 68.2 Å². The number of amides is 1. The Morgan fingerprint density at radius 2 is 0.750 bits per heavy atom. The number of carbonyl (C=O) groups excluding carboxylic acids is 1. The third-order valence-corrected chi connectivity index (χ3v) is 17.2. The second-order valence-corrected chi connectivity index (χ2v) is 29.4. The molecule has 8 N–H and O–H groups in total. The van der Waals surface area contributed by atoms with Gasteiger partial charge in [-0.3, -0.25) is 4.79 Å². The molecule has 1 aliphatic rings. The zero-order chi connectivity index (χ0) is 78.2. The second-order valence-electron chi connectivity index (χ2n) is 22.0. The van der Waals surface area contributed by atoms with Crippen LogP contribution in [-0.4, -0.2) is 183 Å². The molecule has 0 aromatic heterocycles. The van der Waals surface area contributed by atoms with Gasteiger partial charge >= 0.3 is 35.8 Å². The van der Waals surface area contributed by atoms with E-state index in [1.807, 2.05) is 19.1 Å². The average molecular weight is 1870 g/mol. The number of carboxylic acid groups (broad SMARTS) is 6. The summed E-state index contributed by atoms with van der Waals surface area (Å²) in [7, 11) is -0.379. The molecule has 1 aliphatic carbocycles. The van der Waals surface area contributed by atoms with Crippen LogP contribution in [0.5, 0.6) is 34.5 Å². The fourth-order valence-corrected chi connectivity index (χ4v) is 10.3. The topological polar surface area (TPSA) is 382 Å². The van der Waals surface area contributed by atoms with Gasteiger partial charge in [-0.1, -0.05) is 109 Å². The number of hydrogen-bond donors (Lipinski definition) is 8. The molecule has 0 saturated heterocycles. The van der Waals surface area contributed by atoms with Gasteiger partial charge in [0.2, 0.25) is 40.7 Å². The summed E-state index contributed by atoms with van der Waals surface area (Å²) in [5.74, 6) is -4.70. The highest BCUT2D eigenvalue weighted by molar-refractivity contribution is 9.11. The lowest BCUT2D eigenvalue weighted by Gasteiger charge is -2.38. The van der Waals surface area contributed by atoms with Crippen LogP contribution in [0.1, 0.15) is 47.0 Å². The molecule has 0 radical (unpaired) electrons. The van der Waals surface area contributed by atoms with Crippen molar-refractivity contribution in [2.24, 2.45) is 17.8 Å². The van der Waals surface area contributed by atoms with Gasteiger partial charge in [0.05, 0.1) is 45.1 Å². The number of carboxylic acids is 6. The van der Waals surface area contributed by atoms with Crippen LogP contribution in [0.15, 0.2) is 172 Å². The summed E-state index contributed by atoms with van der Waals surface area (Å²) in [4.78, 5) is 76.6. The van der Waals surface area contributed by atoms with E-state index >= 15 is 0 Å². The molecule has 0 aliphatic heterocycles. The normalized spacial score (nSPS) is 15.0. The monoisotopic (exact) mass is 1860 g/mol. The Labute approximate surface area is 650 Å². The number of halogens is 8. The predicted molar refractivity (Wildman–Crippen MR) is 400 cm³/mol. The van der Waals surface area contributed by atoms with Crippen LogP contribution in [0.3, 0.4) is 0 Å². The highest BCUT2D eigenvalue weighted by atomic mass is 79.9. The van der Waals surface area contributed by atoms with Crippen molar-refractivity contribution in [3.8, 4) is 34.5 Å². The average Bonchev–Trinajstić information content (AvgIpc) is 0.817. The van der Waals surface area contributed by atoms with Crippen LogP contribution in [0.25, 0.3) is 0 Å². The highest BCUT2D eigenvalue weighted by Gasteiger charge is 2.41. The van der Waals surface area contributed by atoms with Gasteiger partial charge in [0, 0.05) is 72.3 Å². The molecule has 26 nitrogen and oxygen atoms in total. The summed E-state index contributed by atoms with van der Waals surface area (Å²) in [5.41, 5.74) is 0. The zero-order valence-electron chi connectivity index (χ0n) is 56.8. The molecule has 1 saturated carbocycles. The number of hydrogen-bond acceptors (Lipinski definition) is 18. The lowest BCUT2D eigenvalue weighted by atomic mass is 9.78. The van der Waals surface area contributed by atoms with Gasteiger partial charge in [-0.05, 0) is 165 Å². The first kappa shape index (κ1) is 93.0. The van der Waals surface area contributed by atoms with E-state index in [0.29, 0.717) is 48.6 Å². The van der Waals surface area contributed by atoms with Gasteiger partial charge in [0.15, 0.2) is 18.3 Å². The summed E-state index contributed by atoms with van der Waals surface area (Å²) >= 11 is 19.6. The van der Waals surface area contributed by atoms with E-state index < -0.39 is 95.3 Å². The van der Waals surface area contributed by atoms with Gasteiger partial charge < -0.3 is 78.6 Å². The largest absolute Gasteiger partial charge is 0.479 e. The Bertz CT molecular complexity index is 3600. The number of nitrogens with one attached hydrogen (secondary N) is 2. The standard InChI is InChI=1S/C14H17BrO4.2C12H15BrO4.C11H12BrNO4.C10H9BrF2O3.C10H12BrNO5S/c1-2-18-12-7-9(8-12)13(14(16)17)19-11-5-3-10(15)4-6-11;2*1-8(7-16-2)11(12(14)15)17-10-5-3-9(13)4-6-10;1-7(14)13-6-10(11(15)16)17-9-4-2-8(12)3-5-9;11-6-1-3-7(4-2-6)16-8(10(14)15)5-9(12)13;1-18(15,16)12-6-9(10(13)14)17-8-4-2-7(11)3-5-8/h3-6,9,12-13H,2,7-8H2,1H3,(H,16,17);2*3-6,8,11H,7H2,1-2H3,(H,14,15);2-5,10H,6H2,1H3,(H,13,14)(H,15,16);1-4,8-9H,5H2,(H,14,15);2-5,9,12H,6H2,1H3,(H,13,14). The Kier molecular flexibility index (Phi) is 44.4. The maximum atomic E-state index is 12.1. The van der Waals surface area contributed by atoms with Gasteiger partial charge in [-0.25, -0.2) is 50.7 Å². The molecule has 572 valence electrons. The first-order valence-electron chi connectivity index (χ1n) is 30.9. The van der Waals surface area contributed by atoms with Crippen LogP contribution >= 0.6 is 95.6 Å². The van der Waals surface area contributed by atoms with Gasteiger partial charge in [0.25, 0.3) is 0 Å². The molecule has 0 bridgehead atoms. The minimum atomic E-state index is -3.45. The van der Waals surface area contributed by atoms with Crippen molar-refractivity contribution in [2.75, 3.05) is 53.4 Å². The first-order chi connectivity index (χ1) is 48.9. The van der Waals surface area contributed by atoms with E-state index in [0.717, 1.165) is 45.9 Å². The van der Waals surface area contributed by atoms with E-state index in [9.17, 15) is 55.9 Å². The van der Waals surface area contributed by atoms with E-state index in [-0.39, 0.29) is 48.6 Å². The molecule has 6 aromatic rings. The quantitative estimate of drug-likeness (QED) is 0.0186. The number of benzene rings is 6. The molecule has 1 amide bonds. The molecule has 1 fully saturated rings. The number of methoxy groups -OCH3 is 2. The maximum absolute atomic E-state index is 12.1. The summed E-state index contributed by atoms with van der Waals surface area (Å²) in [6, 6.07) is 40.9. The number of alkyl halides is 2. The molecular formula is C69H80Br6F2N2O24S. The minimum absolute atomic E-state index is 0.0256. The van der Waals surface area contributed by atoms with Gasteiger partial charge in [-0.15, -0.1) is 0 Å². The molecule has 35 heteroatoms. The zero-order valence-corrected chi connectivity index (χ0v) is 67.2. The number of carbonyl (C=O) groups is 7. The smallest absolute Gasteiger partial charge is 0.346 e. The fourth-order valence-electron chi connectivity index (χ4n) is 8.29. The van der Waals surface area contributed by atoms with Crippen LogP contribution in [0, 0.1) is 17.8 Å². The van der Waals surface area contributed by atoms with E-state index in [1.54, 1.807) is 135 Å². The summed E-state index contributed by atoms with van der Waals surface area (Å²) in [5, 5.41) is 56.4. The predicted octanol–water partition coefficient (Wildman–Crippen LogP) is 13.4. The molecule has 8 unspecified atom stereocenters. The molecule has 104 heavy (non-hydrogen) atoms. The number of sulfonamides is 1. The van der Waals surface area contributed by atoms with E-state index in [1.165, 1.54) is 33.3 Å². The van der Waals surface area contributed by atoms with E-state index in [2.05, 4.69) is 106 Å². The van der Waals surface area contributed by atoms with Crippen molar-refractivity contribution in [2.45, 2.75) is 96.1 Å². The van der Waals surface area contributed by atoms with Crippen LogP contribution < -0.4 is 38.5 Å².